The van der Waals surface area contributed by atoms with Crippen molar-refractivity contribution in [3.63, 3.8) is 0 Å². The van der Waals surface area contributed by atoms with E-state index in [1.165, 1.54) is 19.4 Å². The van der Waals surface area contributed by atoms with Crippen LogP contribution in [0.15, 0.2) is 36.4 Å². The molecule has 0 radical (unpaired) electrons. The smallest absolute Gasteiger partial charge is 0.151 e. The Labute approximate surface area is 167 Å². The van der Waals surface area contributed by atoms with Crippen molar-refractivity contribution in [2.24, 2.45) is 5.92 Å². The van der Waals surface area contributed by atoms with Crippen LogP contribution in [0.1, 0.15) is 25.3 Å². The second-order valence-corrected chi connectivity index (χ2v) is 7.84. The van der Waals surface area contributed by atoms with Crippen LogP contribution in [0.5, 0.6) is 0 Å². The third-order valence-electron chi connectivity index (χ3n) is 6.19. The molecule has 2 atom stereocenters. The van der Waals surface area contributed by atoms with E-state index < -0.39 is 0 Å². The van der Waals surface area contributed by atoms with Gasteiger partial charge in [-0.05, 0) is 63.0 Å². The number of anilines is 1. The van der Waals surface area contributed by atoms with Crippen LogP contribution in [0.3, 0.4) is 0 Å². The van der Waals surface area contributed by atoms with Crippen LogP contribution in [0.2, 0.25) is 0 Å². The summed E-state index contributed by atoms with van der Waals surface area (Å²) in [6, 6.07) is 14.3. The third-order valence-corrected chi connectivity index (χ3v) is 6.19. The Morgan fingerprint density at radius 2 is 1.86 bits per heavy atom. The van der Waals surface area contributed by atoms with E-state index in [-0.39, 0.29) is 0 Å². The van der Waals surface area contributed by atoms with Crippen molar-refractivity contribution >= 4 is 5.82 Å². The van der Waals surface area contributed by atoms with Gasteiger partial charge >= 0.3 is 0 Å². The van der Waals surface area contributed by atoms with Crippen molar-refractivity contribution in [2.45, 2.75) is 25.8 Å². The standard InChI is InChI=1S/C22H28N6/c1-17(20-3-2-10-24-16-20)27-11-13-28(14-12-27)22-9-8-21(25-26-22)19-6-4-18(15-23)5-7-19/h4-9,17,20,24H,2-3,10-14,16H2,1H3. The zero-order chi connectivity index (χ0) is 19.3. The fraction of sp³-hybridized carbons (Fsp3) is 0.500. The first-order valence-corrected chi connectivity index (χ1v) is 10.3. The zero-order valence-corrected chi connectivity index (χ0v) is 16.5. The lowest BCUT2D eigenvalue weighted by molar-refractivity contribution is 0.129. The highest BCUT2D eigenvalue weighted by Gasteiger charge is 2.28. The van der Waals surface area contributed by atoms with Gasteiger partial charge in [0.25, 0.3) is 0 Å². The predicted octanol–water partition coefficient (Wildman–Crippen LogP) is 2.53. The van der Waals surface area contributed by atoms with Crippen LogP contribution in [-0.4, -0.2) is 60.4 Å². The number of nitrogens with zero attached hydrogens (tertiary/aromatic N) is 5. The quantitative estimate of drug-likeness (QED) is 0.884. The van der Waals surface area contributed by atoms with Crippen molar-refractivity contribution in [1.82, 2.24) is 20.4 Å². The molecule has 2 fully saturated rings. The number of piperidine rings is 1. The molecule has 0 bridgehead atoms. The van der Waals surface area contributed by atoms with Gasteiger partial charge in [0.1, 0.15) is 0 Å². The molecule has 6 nitrogen and oxygen atoms in total. The van der Waals surface area contributed by atoms with Crippen LogP contribution in [-0.2, 0) is 0 Å². The van der Waals surface area contributed by atoms with Crippen molar-refractivity contribution in [3.8, 4) is 17.3 Å². The highest BCUT2D eigenvalue weighted by atomic mass is 15.3. The summed E-state index contributed by atoms with van der Waals surface area (Å²) in [4.78, 5) is 4.96. The molecule has 1 aromatic carbocycles. The van der Waals surface area contributed by atoms with Crippen LogP contribution in [0.4, 0.5) is 5.82 Å². The number of nitrogens with one attached hydrogen (secondary N) is 1. The summed E-state index contributed by atoms with van der Waals surface area (Å²) >= 11 is 0. The molecule has 6 heteroatoms. The minimum atomic E-state index is 0.639. The summed E-state index contributed by atoms with van der Waals surface area (Å²) in [7, 11) is 0. The highest BCUT2D eigenvalue weighted by molar-refractivity contribution is 5.60. The summed E-state index contributed by atoms with van der Waals surface area (Å²) in [5, 5.41) is 21.3. The Morgan fingerprint density at radius 3 is 2.46 bits per heavy atom. The Balaban J connectivity index is 1.35. The normalized spacial score (nSPS) is 21.9. The first kappa shape index (κ1) is 18.9. The lowest BCUT2D eigenvalue weighted by Crippen LogP contribution is -2.53. The molecule has 0 spiro atoms. The molecule has 3 heterocycles. The molecule has 28 heavy (non-hydrogen) atoms. The van der Waals surface area contributed by atoms with Crippen LogP contribution in [0, 0.1) is 17.2 Å². The molecule has 0 saturated carbocycles. The van der Waals surface area contributed by atoms with E-state index >= 15 is 0 Å². The number of aromatic nitrogens is 2. The van der Waals surface area contributed by atoms with E-state index in [0.29, 0.717) is 11.6 Å². The van der Waals surface area contributed by atoms with Crippen molar-refractivity contribution in [2.75, 3.05) is 44.2 Å². The SMILES string of the molecule is CC(C1CCCNC1)N1CCN(c2ccc(-c3ccc(C#N)cc3)nn2)CC1. The molecular formula is C22H28N6. The van der Waals surface area contributed by atoms with E-state index in [2.05, 4.69) is 44.4 Å². The summed E-state index contributed by atoms with van der Waals surface area (Å²) in [6.07, 6.45) is 2.65. The number of nitriles is 1. The van der Waals surface area contributed by atoms with Gasteiger partial charge in [-0.1, -0.05) is 12.1 Å². The molecule has 0 aliphatic carbocycles. The number of hydrogen-bond acceptors (Lipinski definition) is 6. The molecule has 1 aromatic heterocycles. The Bertz CT molecular complexity index is 796. The first-order valence-electron chi connectivity index (χ1n) is 10.3. The van der Waals surface area contributed by atoms with Crippen LogP contribution >= 0.6 is 0 Å². The summed E-state index contributed by atoms with van der Waals surface area (Å²) in [5.74, 6) is 1.72. The Hall–Kier alpha value is -2.49. The second kappa shape index (κ2) is 8.68. The molecule has 2 unspecified atom stereocenters. The van der Waals surface area contributed by atoms with Gasteiger partial charge in [-0.2, -0.15) is 5.26 Å². The molecule has 4 rings (SSSR count). The van der Waals surface area contributed by atoms with Crippen LogP contribution < -0.4 is 10.2 Å². The molecule has 2 saturated heterocycles. The summed E-state index contributed by atoms with van der Waals surface area (Å²) in [5.41, 5.74) is 2.48. The average molecular weight is 377 g/mol. The van der Waals surface area contributed by atoms with Crippen molar-refractivity contribution in [3.05, 3.63) is 42.0 Å². The maximum absolute atomic E-state index is 8.92. The second-order valence-electron chi connectivity index (χ2n) is 7.84. The zero-order valence-electron chi connectivity index (χ0n) is 16.5. The predicted molar refractivity (Wildman–Crippen MR) is 111 cm³/mol. The maximum atomic E-state index is 8.92. The third kappa shape index (κ3) is 4.16. The van der Waals surface area contributed by atoms with Gasteiger partial charge in [0.2, 0.25) is 0 Å². The van der Waals surface area contributed by atoms with Gasteiger partial charge in [0, 0.05) is 37.8 Å². The Morgan fingerprint density at radius 1 is 1.07 bits per heavy atom. The Kier molecular flexibility index (Phi) is 5.84. The van der Waals surface area contributed by atoms with Gasteiger partial charge in [0.15, 0.2) is 5.82 Å². The number of hydrogen-bond donors (Lipinski definition) is 1. The van der Waals surface area contributed by atoms with Crippen molar-refractivity contribution in [1.29, 1.82) is 5.26 Å². The largest absolute Gasteiger partial charge is 0.353 e. The van der Waals surface area contributed by atoms with Gasteiger partial charge in [-0.25, -0.2) is 0 Å². The van der Waals surface area contributed by atoms with Crippen molar-refractivity contribution < 1.29 is 0 Å². The lowest BCUT2D eigenvalue weighted by atomic mass is 9.91. The van der Waals surface area contributed by atoms with Gasteiger partial charge in [-0.15, -0.1) is 10.2 Å². The minimum Gasteiger partial charge on any atom is -0.353 e. The van der Waals surface area contributed by atoms with E-state index in [1.54, 1.807) is 0 Å². The summed E-state index contributed by atoms with van der Waals surface area (Å²) < 4.78 is 0. The molecule has 1 N–H and O–H groups in total. The minimum absolute atomic E-state index is 0.639. The van der Waals surface area contributed by atoms with E-state index in [1.807, 2.05) is 30.3 Å². The van der Waals surface area contributed by atoms with Crippen LogP contribution in [0.25, 0.3) is 11.3 Å². The van der Waals surface area contributed by atoms with Gasteiger partial charge in [-0.3, -0.25) is 4.90 Å². The highest BCUT2D eigenvalue weighted by Crippen LogP contribution is 2.23. The topological polar surface area (TPSA) is 68.1 Å². The average Bonchev–Trinajstić information content (AvgIpc) is 2.79. The van der Waals surface area contributed by atoms with E-state index in [9.17, 15) is 0 Å². The number of benzene rings is 1. The van der Waals surface area contributed by atoms with Gasteiger partial charge < -0.3 is 10.2 Å². The molecular weight excluding hydrogens is 348 g/mol. The van der Waals surface area contributed by atoms with E-state index in [0.717, 1.165) is 55.7 Å². The maximum Gasteiger partial charge on any atom is 0.151 e. The molecule has 2 aromatic rings. The van der Waals surface area contributed by atoms with Gasteiger partial charge in [0.05, 0.1) is 17.3 Å². The summed E-state index contributed by atoms with van der Waals surface area (Å²) in [6.45, 7) is 8.87. The number of rotatable bonds is 4. The molecule has 2 aliphatic rings. The molecule has 146 valence electrons. The monoisotopic (exact) mass is 376 g/mol. The molecule has 0 amide bonds. The molecule has 2 aliphatic heterocycles. The van der Waals surface area contributed by atoms with E-state index in [4.69, 9.17) is 5.26 Å². The number of piperazine rings is 1. The fourth-order valence-electron chi connectivity index (χ4n) is 4.31. The first-order chi connectivity index (χ1) is 13.7. The fourth-order valence-corrected chi connectivity index (χ4v) is 4.31. The lowest BCUT2D eigenvalue weighted by Gasteiger charge is -2.42.